The second-order valence-electron chi connectivity index (χ2n) is 4.39. The number of hydrogen-bond acceptors (Lipinski definition) is 4. The first-order chi connectivity index (χ1) is 8.70. The zero-order valence-electron chi connectivity index (χ0n) is 10.4. The molecule has 2 unspecified atom stereocenters. The van der Waals surface area contributed by atoms with Gasteiger partial charge in [-0.3, -0.25) is 0 Å². The number of anilines is 1. The van der Waals surface area contributed by atoms with Crippen molar-refractivity contribution in [1.29, 1.82) is 0 Å². The Morgan fingerprint density at radius 1 is 1.56 bits per heavy atom. The maximum Gasteiger partial charge on any atom is 0.354 e. The Kier molecular flexibility index (Phi) is 4.47. The van der Waals surface area contributed by atoms with Crippen LogP contribution < -0.4 is 5.32 Å². The van der Waals surface area contributed by atoms with Crippen molar-refractivity contribution in [3.63, 3.8) is 0 Å². The standard InChI is InChI=1S/C13H18N2O2S/c1-2-18-11-7-3-5-9(11)14-12-8-4-6-10(15-12)13(16)17/h4,6,8-9,11H,2-3,5,7H2,1H3,(H,14,15)(H,16,17). The van der Waals surface area contributed by atoms with Crippen LogP contribution in [0, 0.1) is 0 Å². The number of aromatic carboxylic acids is 1. The summed E-state index contributed by atoms with van der Waals surface area (Å²) in [4.78, 5) is 15.0. The Labute approximate surface area is 111 Å². The summed E-state index contributed by atoms with van der Waals surface area (Å²) in [6.07, 6.45) is 3.60. The van der Waals surface area contributed by atoms with Gasteiger partial charge in [-0.2, -0.15) is 11.8 Å². The van der Waals surface area contributed by atoms with Crippen LogP contribution in [0.15, 0.2) is 18.2 Å². The van der Waals surface area contributed by atoms with E-state index in [1.807, 2.05) is 17.8 Å². The number of thioether (sulfide) groups is 1. The number of hydrogen-bond donors (Lipinski definition) is 2. The first kappa shape index (κ1) is 13.2. The Morgan fingerprint density at radius 3 is 3.11 bits per heavy atom. The summed E-state index contributed by atoms with van der Waals surface area (Å²) in [5.41, 5.74) is 0.0951. The first-order valence-corrected chi connectivity index (χ1v) is 7.34. The molecule has 0 bridgehead atoms. The number of rotatable bonds is 5. The molecular weight excluding hydrogens is 248 g/mol. The Bertz CT molecular complexity index is 425. The van der Waals surface area contributed by atoms with E-state index in [1.165, 1.54) is 18.9 Å². The molecule has 1 saturated carbocycles. The van der Waals surface area contributed by atoms with E-state index in [4.69, 9.17) is 5.11 Å². The maximum absolute atomic E-state index is 10.9. The summed E-state index contributed by atoms with van der Waals surface area (Å²) in [7, 11) is 0. The van der Waals surface area contributed by atoms with Gasteiger partial charge in [-0.15, -0.1) is 0 Å². The molecule has 0 amide bonds. The quantitative estimate of drug-likeness (QED) is 0.858. The van der Waals surface area contributed by atoms with Gasteiger partial charge in [0, 0.05) is 11.3 Å². The summed E-state index contributed by atoms with van der Waals surface area (Å²) < 4.78 is 0. The normalized spacial score (nSPS) is 22.9. The smallest absolute Gasteiger partial charge is 0.354 e. The molecule has 2 atom stereocenters. The zero-order chi connectivity index (χ0) is 13.0. The van der Waals surface area contributed by atoms with E-state index in [1.54, 1.807) is 6.07 Å². The topological polar surface area (TPSA) is 62.2 Å². The van der Waals surface area contributed by atoms with Crippen LogP contribution in [0.5, 0.6) is 0 Å². The lowest BCUT2D eigenvalue weighted by atomic mass is 10.2. The molecule has 98 valence electrons. The average Bonchev–Trinajstić information content (AvgIpc) is 2.77. The molecule has 18 heavy (non-hydrogen) atoms. The number of aromatic nitrogens is 1. The molecule has 0 aliphatic heterocycles. The molecule has 0 aromatic carbocycles. The average molecular weight is 266 g/mol. The van der Waals surface area contributed by atoms with E-state index in [2.05, 4.69) is 17.2 Å². The maximum atomic E-state index is 10.9. The van der Waals surface area contributed by atoms with Crippen LogP contribution in [0.2, 0.25) is 0 Å². The molecule has 1 fully saturated rings. The van der Waals surface area contributed by atoms with Crippen molar-refractivity contribution in [1.82, 2.24) is 4.98 Å². The number of pyridine rings is 1. The van der Waals surface area contributed by atoms with Gasteiger partial charge in [0.2, 0.25) is 0 Å². The van der Waals surface area contributed by atoms with Crippen LogP contribution in [0.1, 0.15) is 36.7 Å². The Hall–Kier alpha value is -1.23. The van der Waals surface area contributed by atoms with E-state index in [-0.39, 0.29) is 5.69 Å². The van der Waals surface area contributed by atoms with Gasteiger partial charge in [0.05, 0.1) is 0 Å². The van der Waals surface area contributed by atoms with Crippen molar-refractivity contribution >= 4 is 23.5 Å². The highest BCUT2D eigenvalue weighted by Crippen LogP contribution is 2.31. The molecule has 1 heterocycles. The lowest BCUT2D eigenvalue weighted by Gasteiger charge is -2.20. The number of carbonyl (C=O) groups is 1. The highest BCUT2D eigenvalue weighted by molar-refractivity contribution is 7.99. The van der Waals surface area contributed by atoms with Gasteiger partial charge in [-0.05, 0) is 30.7 Å². The van der Waals surface area contributed by atoms with Crippen molar-refractivity contribution in [2.24, 2.45) is 0 Å². The molecule has 1 aromatic heterocycles. The lowest BCUT2D eigenvalue weighted by molar-refractivity contribution is 0.0690. The summed E-state index contributed by atoms with van der Waals surface area (Å²) in [5, 5.41) is 12.9. The van der Waals surface area contributed by atoms with Gasteiger partial charge < -0.3 is 10.4 Å². The fourth-order valence-electron chi connectivity index (χ4n) is 2.33. The molecule has 5 heteroatoms. The van der Waals surface area contributed by atoms with Crippen LogP contribution in [0.4, 0.5) is 5.82 Å². The molecule has 0 saturated heterocycles. The van der Waals surface area contributed by atoms with E-state index in [0.29, 0.717) is 17.1 Å². The summed E-state index contributed by atoms with van der Waals surface area (Å²) in [5.74, 6) is 0.805. The zero-order valence-corrected chi connectivity index (χ0v) is 11.2. The third-order valence-corrected chi connectivity index (χ3v) is 4.46. The van der Waals surface area contributed by atoms with Crippen molar-refractivity contribution in [2.75, 3.05) is 11.1 Å². The second kappa shape index (κ2) is 6.09. The number of carboxylic acids is 1. The molecule has 2 N–H and O–H groups in total. The number of nitrogens with one attached hydrogen (secondary N) is 1. The van der Waals surface area contributed by atoms with Crippen LogP contribution in [0.3, 0.4) is 0 Å². The van der Waals surface area contributed by atoms with E-state index in [0.717, 1.165) is 12.2 Å². The first-order valence-electron chi connectivity index (χ1n) is 6.29. The minimum Gasteiger partial charge on any atom is -0.477 e. The predicted octanol–water partition coefficient (Wildman–Crippen LogP) is 2.87. The molecule has 1 aromatic rings. The summed E-state index contributed by atoms with van der Waals surface area (Å²) in [6, 6.07) is 5.49. The van der Waals surface area contributed by atoms with Crippen LogP contribution in [-0.2, 0) is 0 Å². The SMILES string of the molecule is CCSC1CCCC1Nc1cccc(C(=O)O)n1. The van der Waals surface area contributed by atoms with Crippen LogP contribution >= 0.6 is 11.8 Å². The lowest BCUT2D eigenvalue weighted by Crippen LogP contribution is -2.26. The number of carboxylic acid groups (broad SMARTS) is 1. The van der Waals surface area contributed by atoms with Crippen molar-refractivity contribution < 1.29 is 9.90 Å². The third kappa shape index (κ3) is 3.16. The van der Waals surface area contributed by atoms with Gasteiger partial charge >= 0.3 is 5.97 Å². The molecule has 4 nitrogen and oxygen atoms in total. The minimum atomic E-state index is -0.982. The van der Waals surface area contributed by atoms with Crippen molar-refractivity contribution in [3.8, 4) is 0 Å². The Morgan fingerprint density at radius 2 is 2.39 bits per heavy atom. The van der Waals surface area contributed by atoms with Gasteiger partial charge in [0.1, 0.15) is 5.82 Å². The molecule has 2 rings (SSSR count). The summed E-state index contributed by atoms with van der Waals surface area (Å²) >= 11 is 1.97. The molecule has 1 aliphatic carbocycles. The highest BCUT2D eigenvalue weighted by Gasteiger charge is 2.27. The van der Waals surface area contributed by atoms with Gasteiger partial charge in [0.15, 0.2) is 5.69 Å². The van der Waals surface area contributed by atoms with E-state index < -0.39 is 5.97 Å². The minimum absolute atomic E-state index is 0.0951. The number of nitrogens with zero attached hydrogens (tertiary/aromatic N) is 1. The molecular formula is C13H18N2O2S. The summed E-state index contributed by atoms with van der Waals surface area (Å²) in [6.45, 7) is 2.17. The third-order valence-electron chi connectivity index (χ3n) is 3.13. The highest BCUT2D eigenvalue weighted by atomic mass is 32.2. The predicted molar refractivity (Wildman–Crippen MR) is 74.4 cm³/mol. The largest absolute Gasteiger partial charge is 0.477 e. The molecule has 0 spiro atoms. The van der Waals surface area contributed by atoms with E-state index >= 15 is 0 Å². The van der Waals surface area contributed by atoms with Crippen LogP contribution in [0.25, 0.3) is 0 Å². The van der Waals surface area contributed by atoms with Gasteiger partial charge in [-0.25, -0.2) is 9.78 Å². The molecule has 0 radical (unpaired) electrons. The van der Waals surface area contributed by atoms with Gasteiger partial charge in [0.25, 0.3) is 0 Å². The van der Waals surface area contributed by atoms with Crippen molar-refractivity contribution in [3.05, 3.63) is 23.9 Å². The Balaban J connectivity index is 2.04. The van der Waals surface area contributed by atoms with E-state index in [9.17, 15) is 4.79 Å². The van der Waals surface area contributed by atoms with Crippen molar-refractivity contribution in [2.45, 2.75) is 37.5 Å². The fraction of sp³-hybridized carbons (Fsp3) is 0.538. The monoisotopic (exact) mass is 266 g/mol. The fourth-order valence-corrected chi connectivity index (χ4v) is 3.53. The van der Waals surface area contributed by atoms with Crippen LogP contribution in [-0.4, -0.2) is 33.1 Å². The molecule has 1 aliphatic rings. The van der Waals surface area contributed by atoms with Gasteiger partial charge in [-0.1, -0.05) is 19.4 Å². The second-order valence-corrected chi connectivity index (χ2v) is 5.90.